The van der Waals surface area contributed by atoms with Gasteiger partial charge in [-0.05, 0) is 48.3 Å². The van der Waals surface area contributed by atoms with Gasteiger partial charge >= 0.3 is 0 Å². The van der Waals surface area contributed by atoms with E-state index in [2.05, 4.69) is 22.9 Å². The largest absolute Gasteiger partial charge is 0.337 e. The number of hydrogen-bond acceptors (Lipinski definition) is 1. The van der Waals surface area contributed by atoms with E-state index in [-0.39, 0.29) is 11.4 Å². The Morgan fingerprint density at radius 2 is 2.06 bits per heavy atom. The number of carbonyl (C=O) groups excluding carboxylic acids is 1. The van der Waals surface area contributed by atoms with Gasteiger partial charge < -0.3 is 4.90 Å². The lowest BCUT2D eigenvalue weighted by atomic mass is 9.99. The van der Waals surface area contributed by atoms with E-state index in [0.29, 0.717) is 10.6 Å². The van der Waals surface area contributed by atoms with Crippen LogP contribution < -0.4 is 0 Å². The van der Waals surface area contributed by atoms with Crippen LogP contribution in [0.4, 0.5) is 0 Å². The number of halogens is 2. The van der Waals surface area contributed by atoms with E-state index in [9.17, 15) is 4.79 Å². The molecule has 1 aromatic rings. The number of rotatable bonds is 3. The Balaban J connectivity index is 3.09. The summed E-state index contributed by atoms with van der Waals surface area (Å²) in [6.07, 6.45) is 0.890. The quantitative estimate of drug-likeness (QED) is 0.810. The maximum Gasteiger partial charge on any atom is 0.255 e. The molecule has 0 saturated carbocycles. The van der Waals surface area contributed by atoms with Crippen LogP contribution in [0.3, 0.4) is 0 Å². The summed E-state index contributed by atoms with van der Waals surface area (Å²) < 4.78 is 0.743. The standard InChI is InChI=1S/C13H17BrClNO/c1-5-13(2,3)16(4)12(17)9-7-6-8-10(14)11(9)15/h6-8H,5H2,1-4H3. The van der Waals surface area contributed by atoms with Crippen molar-refractivity contribution >= 4 is 33.4 Å². The zero-order chi connectivity index (χ0) is 13.2. The average Bonchev–Trinajstić information content (AvgIpc) is 2.30. The summed E-state index contributed by atoms with van der Waals surface area (Å²) in [6.45, 7) is 6.14. The van der Waals surface area contributed by atoms with E-state index in [4.69, 9.17) is 11.6 Å². The summed E-state index contributed by atoms with van der Waals surface area (Å²) in [4.78, 5) is 14.1. The summed E-state index contributed by atoms with van der Waals surface area (Å²) in [6, 6.07) is 5.39. The highest BCUT2D eigenvalue weighted by Crippen LogP contribution is 2.28. The maximum absolute atomic E-state index is 12.3. The number of amides is 1. The third-order valence-corrected chi connectivity index (χ3v) is 4.56. The number of nitrogens with zero attached hydrogens (tertiary/aromatic N) is 1. The van der Waals surface area contributed by atoms with Crippen LogP contribution >= 0.6 is 27.5 Å². The molecule has 1 aromatic carbocycles. The van der Waals surface area contributed by atoms with Gasteiger partial charge in [0.15, 0.2) is 0 Å². The summed E-state index contributed by atoms with van der Waals surface area (Å²) in [5.41, 5.74) is 0.355. The Hall–Kier alpha value is -0.540. The molecule has 0 fully saturated rings. The minimum Gasteiger partial charge on any atom is -0.337 e. The molecule has 0 aliphatic rings. The minimum absolute atomic E-state index is 0.0526. The van der Waals surface area contributed by atoms with Gasteiger partial charge in [-0.1, -0.05) is 24.6 Å². The smallest absolute Gasteiger partial charge is 0.255 e. The van der Waals surface area contributed by atoms with E-state index in [0.717, 1.165) is 10.9 Å². The van der Waals surface area contributed by atoms with Crippen molar-refractivity contribution < 1.29 is 4.79 Å². The van der Waals surface area contributed by atoms with Gasteiger partial charge in [0.1, 0.15) is 0 Å². The van der Waals surface area contributed by atoms with Gasteiger partial charge in [-0.15, -0.1) is 0 Å². The molecule has 0 aliphatic heterocycles. The van der Waals surface area contributed by atoms with E-state index in [1.807, 2.05) is 33.0 Å². The van der Waals surface area contributed by atoms with Crippen LogP contribution in [0.15, 0.2) is 22.7 Å². The molecule has 0 spiro atoms. The fraction of sp³-hybridized carbons (Fsp3) is 0.462. The molecule has 0 radical (unpaired) electrons. The molecular weight excluding hydrogens is 302 g/mol. The van der Waals surface area contributed by atoms with Crippen LogP contribution in [-0.4, -0.2) is 23.4 Å². The molecule has 0 N–H and O–H groups in total. The van der Waals surface area contributed by atoms with Crippen LogP contribution in [0.2, 0.25) is 5.02 Å². The van der Waals surface area contributed by atoms with Crippen LogP contribution in [0.5, 0.6) is 0 Å². The van der Waals surface area contributed by atoms with Crippen LogP contribution in [-0.2, 0) is 0 Å². The third-order valence-electron chi connectivity index (χ3n) is 3.26. The van der Waals surface area contributed by atoms with Crippen molar-refractivity contribution in [3.05, 3.63) is 33.3 Å². The Morgan fingerprint density at radius 3 is 2.59 bits per heavy atom. The van der Waals surface area contributed by atoms with Crippen molar-refractivity contribution in [2.45, 2.75) is 32.7 Å². The summed E-state index contributed by atoms with van der Waals surface area (Å²) in [5, 5.41) is 0.469. The predicted molar refractivity (Wildman–Crippen MR) is 75.6 cm³/mol. The van der Waals surface area contributed by atoms with Gasteiger partial charge in [0.2, 0.25) is 0 Å². The van der Waals surface area contributed by atoms with Crippen LogP contribution in [0.1, 0.15) is 37.6 Å². The molecule has 0 unspecified atom stereocenters. The van der Waals surface area contributed by atoms with Gasteiger partial charge in [-0.3, -0.25) is 4.79 Å². The molecule has 0 bridgehead atoms. The van der Waals surface area contributed by atoms with E-state index in [1.54, 1.807) is 11.0 Å². The lowest BCUT2D eigenvalue weighted by Gasteiger charge is -2.35. The van der Waals surface area contributed by atoms with Crippen molar-refractivity contribution in [3.8, 4) is 0 Å². The number of benzene rings is 1. The SMILES string of the molecule is CCC(C)(C)N(C)C(=O)c1cccc(Br)c1Cl. The van der Waals surface area contributed by atoms with Crippen molar-refractivity contribution in [3.63, 3.8) is 0 Å². The van der Waals surface area contributed by atoms with Crippen molar-refractivity contribution in [2.24, 2.45) is 0 Å². The molecule has 0 heterocycles. The van der Waals surface area contributed by atoms with Gasteiger partial charge in [0.05, 0.1) is 10.6 Å². The topological polar surface area (TPSA) is 20.3 Å². The summed E-state index contributed by atoms with van der Waals surface area (Å²) in [5.74, 6) is -0.0526. The summed E-state index contributed by atoms with van der Waals surface area (Å²) >= 11 is 9.46. The Labute approximate surface area is 116 Å². The number of hydrogen-bond donors (Lipinski definition) is 0. The normalized spacial score (nSPS) is 11.4. The van der Waals surface area contributed by atoms with Gasteiger partial charge in [-0.25, -0.2) is 0 Å². The van der Waals surface area contributed by atoms with Crippen molar-refractivity contribution in [1.82, 2.24) is 4.90 Å². The lowest BCUT2D eigenvalue weighted by molar-refractivity contribution is 0.0620. The van der Waals surface area contributed by atoms with Gasteiger partial charge in [0.25, 0.3) is 5.91 Å². The first-order valence-electron chi connectivity index (χ1n) is 5.53. The first-order valence-corrected chi connectivity index (χ1v) is 6.70. The predicted octanol–water partition coefficient (Wildman–Crippen LogP) is 4.36. The van der Waals surface area contributed by atoms with Gasteiger partial charge in [-0.2, -0.15) is 0 Å². The average molecular weight is 319 g/mol. The molecule has 2 nitrogen and oxygen atoms in total. The molecule has 0 atom stereocenters. The summed E-state index contributed by atoms with van der Waals surface area (Å²) in [7, 11) is 1.81. The Morgan fingerprint density at radius 1 is 1.47 bits per heavy atom. The highest BCUT2D eigenvalue weighted by Gasteiger charge is 2.27. The monoisotopic (exact) mass is 317 g/mol. The second kappa shape index (κ2) is 5.40. The number of carbonyl (C=O) groups is 1. The Kier molecular flexibility index (Phi) is 4.62. The van der Waals surface area contributed by atoms with Gasteiger partial charge in [0, 0.05) is 17.1 Å². The van der Waals surface area contributed by atoms with Crippen LogP contribution in [0.25, 0.3) is 0 Å². The molecule has 17 heavy (non-hydrogen) atoms. The van der Waals surface area contributed by atoms with E-state index in [1.165, 1.54) is 0 Å². The maximum atomic E-state index is 12.3. The molecule has 0 saturated heterocycles. The first-order chi connectivity index (χ1) is 7.81. The first kappa shape index (κ1) is 14.5. The fourth-order valence-electron chi connectivity index (χ4n) is 1.36. The van der Waals surface area contributed by atoms with Crippen molar-refractivity contribution in [2.75, 3.05) is 7.05 Å². The molecular formula is C13H17BrClNO. The molecule has 1 rings (SSSR count). The second-order valence-electron chi connectivity index (χ2n) is 4.63. The lowest BCUT2D eigenvalue weighted by Crippen LogP contribution is -2.44. The second-order valence-corrected chi connectivity index (χ2v) is 5.86. The molecule has 4 heteroatoms. The molecule has 0 aromatic heterocycles. The minimum atomic E-state index is -0.178. The highest BCUT2D eigenvalue weighted by molar-refractivity contribution is 9.10. The Bertz CT molecular complexity index is 431. The molecule has 1 amide bonds. The van der Waals surface area contributed by atoms with E-state index >= 15 is 0 Å². The fourth-order valence-corrected chi connectivity index (χ4v) is 1.93. The molecule has 94 valence electrons. The zero-order valence-electron chi connectivity index (χ0n) is 10.6. The van der Waals surface area contributed by atoms with E-state index < -0.39 is 0 Å². The zero-order valence-corrected chi connectivity index (χ0v) is 12.9. The third kappa shape index (κ3) is 3.02. The van der Waals surface area contributed by atoms with Crippen molar-refractivity contribution in [1.29, 1.82) is 0 Å². The molecule has 0 aliphatic carbocycles. The van der Waals surface area contributed by atoms with Crippen LogP contribution in [0, 0.1) is 0 Å². The highest BCUT2D eigenvalue weighted by atomic mass is 79.9.